The molecule has 0 aromatic rings. The topological polar surface area (TPSA) is 46.2 Å². The fourth-order valence-electron chi connectivity index (χ4n) is 0.999. The van der Waals surface area contributed by atoms with Crippen molar-refractivity contribution in [1.29, 1.82) is 0 Å². The third-order valence-electron chi connectivity index (χ3n) is 2.68. The lowest BCUT2D eigenvalue weighted by atomic mass is 10.1. The van der Waals surface area contributed by atoms with Gasteiger partial charge in [0.15, 0.2) is 0 Å². The van der Waals surface area contributed by atoms with E-state index in [1.54, 1.807) is 20.8 Å². The van der Waals surface area contributed by atoms with Gasteiger partial charge in [0, 0.05) is 12.4 Å². The van der Waals surface area contributed by atoms with Crippen LogP contribution in [0.4, 0.5) is 0 Å². The Morgan fingerprint density at radius 1 is 1.36 bits per heavy atom. The average molecular weight is 240 g/mol. The first-order chi connectivity index (χ1) is 6.22. The van der Waals surface area contributed by atoms with E-state index >= 15 is 0 Å². The first-order valence-corrected chi connectivity index (χ1v) is 6.79. The van der Waals surface area contributed by atoms with Crippen LogP contribution in [0.2, 0.25) is 0 Å². The summed E-state index contributed by atoms with van der Waals surface area (Å²) in [6.07, 6.45) is 2.06. The minimum atomic E-state index is -3.21. The number of hydrogen-bond acceptors (Lipinski definition) is 2. The lowest BCUT2D eigenvalue weighted by Gasteiger charge is -2.21. The molecule has 14 heavy (non-hydrogen) atoms. The summed E-state index contributed by atoms with van der Waals surface area (Å²) in [5.74, 6) is 0.541. The van der Waals surface area contributed by atoms with Crippen LogP contribution in [0.5, 0.6) is 0 Å². The first kappa shape index (κ1) is 12.3. The molecule has 0 spiro atoms. The second-order valence-corrected chi connectivity index (χ2v) is 7.86. The molecule has 1 rings (SSSR count). The molecule has 0 heterocycles. The van der Waals surface area contributed by atoms with Crippen LogP contribution in [-0.2, 0) is 10.0 Å². The molecule has 0 saturated heterocycles. The van der Waals surface area contributed by atoms with Crippen molar-refractivity contribution in [1.82, 2.24) is 4.72 Å². The van der Waals surface area contributed by atoms with E-state index in [0.29, 0.717) is 12.4 Å². The number of alkyl halides is 1. The predicted molar refractivity (Wildman–Crippen MR) is 59.1 cm³/mol. The van der Waals surface area contributed by atoms with Crippen molar-refractivity contribution in [2.24, 2.45) is 5.41 Å². The largest absolute Gasteiger partial charge is 0.216 e. The number of rotatable bonds is 4. The number of sulfonamides is 1. The fourth-order valence-corrected chi connectivity index (χ4v) is 2.29. The summed E-state index contributed by atoms with van der Waals surface area (Å²) in [5.41, 5.74) is 0.0415. The normalized spacial score (nSPS) is 20.9. The second-order valence-electron chi connectivity index (χ2n) is 5.07. The van der Waals surface area contributed by atoms with E-state index in [1.165, 1.54) is 0 Å². The highest BCUT2D eigenvalue weighted by molar-refractivity contribution is 7.90. The van der Waals surface area contributed by atoms with Crippen LogP contribution >= 0.6 is 11.6 Å². The zero-order chi connectivity index (χ0) is 11.0. The van der Waals surface area contributed by atoms with Crippen molar-refractivity contribution in [3.63, 3.8) is 0 Å². The zero-order valence-corrected chi connectivity index (χ0v) is 10.5. The van der Waals surface area contributed by atoms with Gasteiger partial charge in [-0.2, -0.15) is 0 Å². The summed E-state index contributed by atoms with van der Waals surface area (Å²) in [4.78, 5) is 0. The minimum absolute atomic E-state index is 0.0415. The second kappa shape index (κ2) is 3.65. The van der Waals surface area contributed by atoms with Crippen LogP contribution in [0.25, 0.3) is 0 Å². The highest BCUT2D eigenvalue weighted by atomic mass is 35.5. The van der Waals surface area contributed by atoms with Crippen LogP contribution in [0, 0.1) is 5.41 Å². The molecule has 0 atom stereocenters. The van der Waals surface area contributed by atoms with Gasteiger partial charge in [-0.05, 0) is 39.0 Å². The Labute approximate surface area is 91.3 Å². The fraction of sp³-hybridized carbons (Fsp3) is 1.00. The summed E-state index contributed by atoms with van der Waals surface area (Å²) >= 11 is 5.76. The van der Waals surface area contributed by atoms with E-state index in [-0.39, 0.29) is 5.41 Å². The Kier molecular flexibility index (Phi) is 3.20. The van der Waals surface area contributed by atoms with Gasteiger partial charge in [-0.25, -0.2) is 13.1 Å². The molecule has 0 aromatic heterocycles. The highest BCUT2D eigenvalue weighted by Gasteiger charge is 2.43. The van der Waals surface area contributed by atoms with E-state index in [1.807, 2.05) is 0 Å². The highest BCUT2D eigenvalue weighted by Crippen LogP contribution is 2.46. The van der Waals surface area contributed by atoms with Crippen molar-refractivity contribution in [2.45, 2.75) is 38.4 Å². The lowest BCUT2D eigenvalue weighted by Crippen LogP contribution is -2.42. The Balaban J connectivity index is 2.54. The van der Waals surface area contributed by atoms with Gasteiger partial charge in [-0.1, -0.05) is 0 Å². The molecule has 84 valence electrons. The number of nitrogens with one attached hydrogen (secondary N) is 1. The van der Waals surface area contributed by atoms with Crippen molar-refractivity contribution in [2.75, 3.05) is 12.4 Å². The Bertz CT molecular complexity index is 301. The molecule has 1 fully saturated rings. The summed E-state index contributed by atoms with van der Waals surface area (Å²) in [6, 6.07) is 0. The van der Waals surface area contributed by atoms with Crippen LogP contribution in [0.3, 0.4) is 0 Å². The van der Waals surface area contributed by atoms with Gasteiger partial charge in [0.1, 0.15) is 0 Å². The monoisotopic (exact) mass is 239 g/mol. The average Bonchev–Trinajstić information content (AvgIpc) is 2.80. The molecule has 0 aromatic carbocycles. The molecule has 1 aliphatic carbocycles. The number of halogens is 1. The first-order valence-electron chi connectivity index (χ1n) is 4.78. The van der Waals surface area contributed by atoms with Crippen molar-refractivity contribution in [3.8, 4) is 0 Å². The van der Waals surface area contributed by atoms with Crippen molar-refractivity contribution >= 4 is 21.6 Å². The molecule has 1 N–H and O–H groups in total. The molecule has 0 amide bonds. The molecular formula is C9H18ClNO2S. The molecule has 5 heteroatoms. The van der Waals surface area contributed by atoms with Gasteiger partial charge in [0.25, 0.3) is 0 Å². The maximum atomic E-state index is 11.7. The third-order valence-corrected chi connectivity index (χ3v) is 5.39. The van der Waals surface area contributed by atoms with Gasteiger partial charge in [0.05, 0.1) is 4.75 Å². The predicted octanol–water partition coefficient (Wildman–Crippen LogP) is 1.72. The molecule has 1 aliphatic rings. The van der Waals surface area contributed by atoms with E-state index in [2.05, 4.69) is 4.72 Å². The quantitative estimate of drug-likeness (QED) is 0.760. The van der Waals surface area contributed by atoms with Crippen LogP contribution < -0.4 is 4.72 Å². The molecule has 1 saturated carbocycles. The van der Waals surface area contributed by atoms with E-state index in [9.17, 15) is 8.42 Å². The Hall–Kier alpha value is 0.200. The zero-order valence-electron chi connectivity index (χ0n) is 8.93. The standard InChI is InChI=1S/C9H18ClNO2S/c1-8(2,3)14(12,13)11-7-9(6-10)4-5-9/h11H,4-7H2,1-3H3. The number of hydrogen-bond donors (Lipinski definition) is 1. The Morgan fingerprint density at radius 2 is 1.86 bits per heavy atom. The maximum absolute atomic E-state index is 11.7. The van der Waals surface area contributed by atoms with Gasteiger partial charge in [-0.3, -0.25) is 0 Å². The molecule has 3 nitrogen and oxygen atoms in total. The summed E-state index contributed by atoms with van der Waals surface area (Å²) in [7, 11) is -3.21. The van der Waals surface area contributed by atoms with Gasteiger partial charge in [-0.15, -0.1) is 11.6 Å². The lowest BCUT2D eigenvalue weighted by molar-refractivity contribution is 0.513. The molecule has 0 bridgehead atoms. The van der Waals surface area contributed by atoms with Crippen LogP contribution in [0.1, 0.15) is 33.6 Å². The summed E-state index contributed by atoms with van der Waals surface area (Å²) in [6.45, 7) is 5.55. The smallest absolute Gasteiger partial charge is 0.214 e. The van der Waals surface area contributed by atoms with Gasteiger partial charge >= 0.3 is 0 Å². The van der Waals surface area contributed by atoms with Crippen LogP contribution in [0.15, 0.2) is 0 Å². The van der Waals surface area contributed by atoms with Gasteiger partial charge < -0.3 is 0 Å². The summed E-state index contributed by atoms with van der Waals surface area (Å²) in [5, 5.41) is 0. The van der Waals surface area contributed by atoms with E-state index < -0.39 is 14.8 Å². The third kappa shape index (κ3) is 2.61. The van der Waals surface area contributed by atoms with E-state index in [4.69, 9.17) is 11.6 Å². The van der Waals surface area contributed by atoms with Crippen LogP contribution in [-0.4, -0.2) is 25.6 Å². The molecule has 0 radical (unpaired) electrons. The minimum Gasteiger partial charge on any atom is -0.214 e. The summed E-state index contributed by atoms with van der Waals surface area (Å²) < 4.78 is 25.3. The maximum Gasteiger partial charge on any atom is 0.216 e. The van der Waals surface area contributed by atoms with Crippen molar-refractivity contribution < 1.29 is 8.42 Å². The SMILES string of the molecule is CC(C)(C)S(=O)(=O)NCC1(CCl)CC1. The van der Waals surface area contributed by atoms with Crippen molar-refractivity contribution in [3.05, 3.63) is 0 Å². The molecule has 0 aliphatic heterocycles. The molecule has 0 unspecified atom stereocenters. The Morgan fingerprint density at radius 3 is 2.14 bits per heavy atom. The van der Waals surface area contributed by atoms with Gasteiger partial charge in [0.2, 0.25) is 10.0 Å². The molecular weight excluding hydrogens is 222 g/mol. The van der Waals surface area contributed by atoms with E-state index in [0.717, 1.165) is 12.8 Å².